The molecule has 3 heteroatoms. The molecular formula is C12H15N3. The molecule has 0 amide bonds. The Bertz CT molecular complexity index is 481. The predicted molar refractivity (Wildman–Crippen MR) is 60.7 cm³/mol. The average Bonchev–Trinajstić information content (AvgIpc) is 2.87. The molecule has 1 saturated heterocycles. The molecule has 15 heavy (non-hydrogen) atoms. The van der Waals surface area contributed by atoms with Gasteiger partial charge in [-0.2, -0.15) is 0 Å². The molecule has 0 saturated carbocycles. The Balaban J connectivity index is 2.14. The van der Waals surface area contributed by atoms with Crippen LogP contribution in [0, 0.1) is 0 Å². The Hall–Kier alpha value is -1.35. The van der Waals surface area contributed by atoms with E-state index in [4.69, 9.17) is 4.98 Å². The van der Waals surface area contributed by atoms with Crippen LogP contribution in [0.2, 0.25) is 0 Å². The second-order valence-electron chi connectivity index (χ2n) is 4.17. The van der Waals surface area contributed by atoms with E-state index in [1.807, 2.05) is 6.07 Å². The maximum Gasteiger partial charge on any atom is 0.126 e. The third kappa shape index (κ3) is 1.35. The Morgan fingerprint density at radius 3 is 3.00 bits per heavy atom. The van der Waals surface area contributed by atoms with Gasteiger partial charge in [-0.05, 0) is 31.5 Å². The average molecular weight is 201 g/mol. The van der Waals surface area contributed by atoms with Crippen LogP contribution in [0.15, 0.2) is 24.3 Å². The molecule has 0 unspecified atom stereocenters. The van der Waals surface area contributed by atoms with Crippen molar-refractivity contribution >= 4 is 11.0 Å². The summed E-state index contributed by atoms with van der Waals surface area (Å²) in [5, 5.41) is 3.49. The molecule has 1 fully saturated rings. The summed E-state index contributed by atoms with van der Waals surface area (Å²) >= 11 is 0. The lowest BCUT2D eigenvalue weighted by molar-refractivity contribution is 0.584. The van der Waals surface area contributed by atoms with Crippen LogP contribution < -0.4 is 5.32 Å². The highest BCUT2D eigenvalue weighted by Gasteiger charge is 2.21. The van der Waals surface area contributed by atoms with Crippen LogP contribution >= 0.6 is 0 Å². The number of fused-ring (bicyclic) bond motifs is 1. The lowest BCUT2D eigenvalue weighted by atomic mass is 10.2. The van der Waals surface area contributed by atoms with E-state index in [1.54, 1.807) is 0 Å². The molecule has 3 nitrogen and oxygen atoms in total. The van der Waals surface area contributed by atoms with Crippen LogP contribution in [0.5, 0.6) is 0 Å². The van der Waals surface area contributed by atoms with Gasteiger partial charge in [0, 0.05) is 7.05 Å². The molecule has 78 valence electrons. The molecule has 1 aliphatic rings. The van der Waals surface area contributed by atoms with Gasteiger partial charge in [-0.1, -0.05) is 12.1 Å². The summed E-state index contributed by atoms with van der Waals surface area (Å²) in [6, 6.07) is 8.76. The normalized spacial score (nSPS) is 21.3. The molecule has 0 aliphatic carbocycles. The van der Waals surface area contributed by atoms with Gasteiger partial charge >= 0.3 is 0 Å². The predicted octanol–water partition coefficient (Wildman–Crippen LogP) is 2.00. The molecule has 0 radical (unpaired) electrons. The molecule has 2 aromatic rings. The van der Waals surface area contributed by atoms with Crippen LogP contribution in [0.25, 0.3) is 11.0 Å². The fourth-order valence-corrected chi connectivity index (χ4v) is 2.38. The van der Waals surface area contributed by atoms with Crippen LogP contribution in [-0.2, 0) is 7.05 Å². The first-order valence-electron chi connectivity index (χ1n) is 5.51. The lowest BCUT2D eigenvalue weighted by Crippen LogP contribution is -2.16. The van der Waals surface area contributed by atoms with Crippen molar-refractivity contribution in [3.8, 4) is 0 Å². The van der Waals surface area contributed by atoms with Crippen molar-refractivity contribution in [3.63, 3.8) is 0 Å². The fourth-order valence-electron chi connectivity index (χ4n) is 2.38. The van der Waals surface area contributed by atoms with Gasteiger partial charge in [-0.25, -0.2) is 4.98 Å². The molecule has 1 N–H and O–H groups in total. The van der Waals surface area contributed by atoms with Crippen LogP contribution in [0.4, 0.5) is 0 Å². The number of benzene rings is 1. The number of para-hydroxylation sites is 2. The topological polar surface area (TPSA) is 29.9 Å². The number of hydrogen-bond acceptors (Lipinski definition) is 2. The van der Waals surface area contributed by atoms with Crippen molar-refractivity contribution < 1.29 is 0 Å². The maximum atomic E-state index is 4.69. The van der Waals surface area contributed by atoms with Gasteiger partial charge in [0.25, 0.3) is 0 Å². The van der Waals surface area contributed by atoms with Crippen LogP contribution in [0.3, 0.4) is 0 Å². The highest BCUT2D eigenvalue weighted by Crippen LogP contribution is 2.25. The van der Waals surface area contributed by atoms with Gasteiger partial charge in [-0.15, -0.1) is 0 Å². The lowest BCUT2D eigenvalue weighted by Gasteiger charge is -2.09. The number of aryl methyl sites for hydroxylation is 1. The molecular weight excluding hydrogens is 186 g/mol. The highest BCUT2D eigenvalue weighted by atomic mass is 15.1. The minimum atomic E-state index is 0.447. The third-order valence-corrected chi connectivity index (χ3v) is 3.19. The number of imidazole rings is 1. The van der Waals surface area contributed by atoms with E-state index in [0.717, 1.165) is 12.1 Å². The zero-order chi connectivity index (χ0) is 10.3. The summed E-state index contributed by atoms with van der Waals surface area (Å²) in [7, 11) is 2.10. The van der Waals surface area contributed by atoms with Gasteiger partial charge in [0.2, 0.25) is 0 Å². The van der Waals surface area contributed by atoms with Crippen molar-refractivity contribution in [2.45, 2.75) is 18.9 Å². The molecule has 0 spiro atoms. The standard InChI is InChI=1S/C12H15N3/c1-15-11-7-3-2-5-9(11)14-12(15)10-6-4-8-13-10/h2-3,5,7,10,13H,4,6,8H2,1H3/t10-/m0/s1. The maximum absolute atomic E-state index is 4.69. The summed E-state index contributed by atoms with van der Waals surface area (Å²) in [6.07, 6.45) is 2.46. The summed E-state index contributed by atoms with van der Waals surface area (Å²) in [5.41, 5.74) is 2.32. The van der Waals surface area contributed by atoms with Crippen molar-refractivity contribution in [3.05, 3.63) is 30.1 Å². The summed E-state index contributed by atoms with van der Waals surface area (Å²) < 4.78 is 2.21. The van der Waals surface area contributed by atoms with E-state index in [2.05, 4.69) is 35.1 Å². The van der Waals surface area contributed by atoms with Crippen molar-refractivity contribution in [1.82, 2.24) is 14.9 Å². The van der Waals surface area contributed by atoms with Crippen LogP contribution in [0.1, 0.15) is 24.7 Å². The van der Waals surface area contributed by atoms with Crippen molar-refractivity contribution in [2.75, 3.05) is 6.54 Å². The second kappa shape index (κ2) is 3.35. The fraction of sp³-hybridized carbons (Fsp3) is 0.417. The van der Waals surface area contributed by atoms with E-state index >= 15 is 0 Å². The largest absolute Gasteiger partial charge is 0.330 e. The minimum Gasteiger partial charge on any atom is -0.330 e. The smallest absolute Gasteiger partial charge is 0.126 e. The first-order chi connectivity index (χ1) is 7.36. The number of aromatic nitrogens is 2. The molecule has 0 bridgehead atoms. The Kier molecular flexibility index (Phi) is 1.99. The quantitative estimate of drug-likeness (QED) is 0.764. The molecule has 1 aliphatic heterocycles. The number of nitrogens with zero attached hydrogens (tertiary/aromatic N) is 2. The van der Waals surface area contributed by atoms with E-state index in [9.17, 15) is 0 Å². The van der Waals surface area contributed by atoms with Gasteiger partial charge in [0.1, 0.15) is 5.82 Å². The van der Waals surface area contributed by atoms with Crippen molar-refractivity contribution in [2.24, 2.45) is 7.05 Å². The summed E-state index contributed by atoms with van der Waals surface area (Å²) in [4.78, 5) is 4.69. The monoisotopic (exact) mass is 201 g/mol. The second-order valence-corrected chi connectivity index (χ2v) is 4.17. The van der Waals surface area contributed by atoms with Gasteiger partial charge in [0.05, 0.1) is 17.1 Å². The van der Waals surface area contributed by atoms with E-state index in [-0.39, 0.29) is 0 Å². The summed E-state index contributed by atoms with van der Waals surface area (Å²) in [6.45, 7) is 1.12. The molecule has 1 atom stereocenters. The number of nitrogens with one attached hydrogen (secondary N) is 1. The molecule has 1 aromatic carbocycles. The van der Waals surface area contributed by atoms with E-state index in [0.29, 0.717) is 6.04 Å². The zero-order valence-electron chi connectivity index (χ0n) is 8.90. The highest BCUT2D eigenvalue weighted by molar-refractivity contribution is 5.75. The van der Waals surface area contributed by atoms with E-state index < -0.39 is 0 Å². The summed E-state index contributed by atoms with van der Waals surface area (Å²) in [5.74, 6) is 1.17. The van der Waals surface area contributed by atoms with Gasteiger partial charge in [0.15, 0.2) is 0 Å². The minimum absolute atomic E-state index is 0.447. The van der Waals surface area contributed by atoms with Gasteiger partial charge < -0.3 is 9.88 Å². The Morgan fingerprint density at radius 1 is 1.40 bits per heavy atom. The van der Waals surface area contributed by atoms with Crippen LogP contribution in [-0.4, -0.2) is 16.1 Å². The first-order valence-corrected chi connectivity index (χ1v) is 5.51. The third-order valence-electron chi connectivity index (χ3n) is 3.19. The molecule has 1 aromatic heterocycles. The van der Waals surface area contributed by atoms with Crippen molar-refractivity contribution in [1.29, 1.82) is 0 Å². The van der Waals surface area contributed by atoms with E-state index in [1.165, 1.54) is 24.2 Å². The number of hydrogen-bond donors (Lipinski definition) is 1. The zero-order valence-corrected chi connectivity index (χ0v) is 8.90. The number of rotatable bonds is 1. The first kappa shape index (κ1) is 8.92. The Morgan fingerprint density at radius 2 is 2.27 bits per heavy atom. The molecule has 2 heterocycles. The van der Waals surface area contributed by atoms with Gasteiger partial charge in [-0.3, -0.25) is 0 Å². The Labute approximate surface area is 89.1 Å². The molecule has 3 rings (SSSR count). The SMILES string of the molecule is Cn1c([C@@H]2CCCN2)nc2ccccc21.